The van der Waals surface area contributed by atoms with E-state index < -0.39 is 10.8 Å². The molecule has 0 radical (unpaired) electrons. The zero-order valence-electron chi connectivity index (χ0n) is 12.5. The van der Waals surface area contributed by atoms with Crippen LogP contribution in [0.15, 0.2) is 46.9 Å². The molecule has 24 heavy (non-hydrogen) atoms. The van der Waals surface area contributed by atoms with Crippen molar-refractivity contribution in [2.45, 2.75) is 0 Å². The molecule has 8 heteroatoms. The van der Waals surface area contributed by atoms with Crippen LogP contribution in [-0.4, -0.2) is 17.9 Å². The Bertz CT molecular complexity index is 824. The number of amides is 1. The highest BCUT2D eigenvalue weighted by Gasteiger charge is 2.10. The quantitative estimate of drug-likeness (QED) is 0.440. The van der Waals surface area contributed by atoms with Gasteiger partial charge in [0.05, 0.1) is 22.7 Å². The minimum atomic E-state index is -0.559. The van der Waals surface area contributed by atoms with Gasteiger partial charge in [0.1, 0.15) is 5.75 Å². The molecule has 1 N–H and O–H groups in total. The fraction of sp³-hybridized carbons (Fsp3) is 0.0625. The summed E-state index contributed by atoms with van der Waals surface area (Å²) in [6, 6.07) is 9.23. The SMILES string of the molecule is COc1ccc(Br)cc1/C=C/C(=O)Nc1ccc([N+](=O)[O-])cc1Cl. The lowest BCUT2D eigenvalue weighted by atomic mass is 10.2. The van der Waals surface area contributed by atoms with Crippen LogP contribution in [-0.2, 0) is 4.79 Å². The van der Waals surface area contributed by atoms with Gasteiger partial charge in [0.2, 0.25) is 5.91 Å². The minimum absolute atomic E-state index is 0.0889. The topological polar surface area (TPSA) is 81.5 Å². The second kappa shape index (κ2) is 7.94. The molecule has 2 aromatic carbocycles. The summed E-state index contributed by atoms with van der Waals surface area (Å²) in [6.07, 6.45) is 2.92. The number of carbonyl (C=O) groups is 1. The van der Waals surface area contributed by atoms with Crippen LogP contribution >= 0.6 is 27.5 Å². The second-order valence-electron chi connectivity index (χ2n) is 4.63. The average molecular weight is 412 g/mol. The first-order valence-electron chi connectivity index (χ1n) is 6.67. The number of methoxy groups -OCH3 is 1. The Labute approximate surface area is 151 Å². The highest BCUT2D eigenvalue weighted by atomic mass is 79.9. The average Bonchev–Trinajstić information content (AvgIpc) is 2.54. The number of non-ortho nitro benzene ring substituents is 1. The Hall–Kier alpha value is -2.38. The number of hydrogen-bond acceptors (Lipinski definition) is 4. The molecule has 0 fully saturated rings. The Morgan fingerprint density at radius 2 is 2.08 bits per heavy atom. The maximum absolute atomic E-state index is 12.0. The van der Waals surface area contributed by atoms with E-state index in [2.05, 4.69) is 21.2 Å². The molecule has 124 valence electrons. The van der Waals surface area contributed by atoms with Gasteiger partial charge in [0, 0.05) is 28.2 Å². The van der Waals surface area contributed by atoms with Crippen LogP contribution < -0.4 is 10.1 Å². The van der Waals surface area contributed by atoms with E-state index in [1.165, 1.54) is 31.4 Å². The lowest BCUT2D eigenvalue weighted by Crippen LogP contribution is -2.08. The number of ether oxygens (including phenoxy) is 1. The molecule has 1 amide bonds. The summed E-state index contributed by atoms with van der Waals surface area (Å²) in [5.74, 6) is 0.198. The molecule has 0 unspecified atom stereocenters. The van der Waals surface area contributed by atoms with Crippen molar-refractivity contribution in [1.82, 2.24) is 0 Å². The molecule has 0 bridgehead atoms. The Balaban J connectivity index is 2.14. The molecule has 0 aliphatic heterocycles. The van der Waals surface area contributed by atoms with E-state index in [0.717, 1.165) is 10.0 Å². The van der Waals surface area contributed by atoms with Crippen molar-refractivity contribution in [3.05, 3.63) is 67.6 Å². The van der Waals surface area contributed by atoms with E-state index in [1.54, 1.807) is 12.1 Å². The van der Waals surface area contributed by atoms with Gasteiger partial charge in [0.25, 0.3) is 5.69 Å². The number of carbonyl (C=O) groups excluding carboxylic acids is 1. The van der Waals surface area contributed by atoms with Gasteiger partial charge in [-0.25, -0.2) is 0 Å². The van der Waals surface area contributed by atoms with Crippen LogP contribution in [0.5, 0.6) is 5.75 Å². The number of hydrogen-bond donors (Lipinski definition) is 1. The third-order valence-corrected chi connectivity index (χ3v) is 3.83. The van der Waals surface area contributed by atoms with E-state index in [1.807, 2.05) is 12.1 Å². The van der Waals surface area contributed by atoms with E-state index in [4.69, 9.17) is 16.3 Å². The molecule has 0 saturated carbocycles. The molecule has 0 aromatic heterocycles. The van der Waals surface area contributed by atoms with Crippen molar-refractivity contribution in [2.75, 3.05) is 12.4 Å². The molecule has 0 saturated heterocycles. The molecule has 2 aromatic rings. The summed E-state index contributed by atoms with van der Waals surface area (Å²) < 4.78 is 6.07. The molecule has 6 nitrogen and oxygen atoms in total. The number of nitro benzene ring substituents is 1. The van der Waals surface area contributed by atoms with Crippen molar-refractivity contribution >= 4 is 50.9 Å². The van der Waals surface area contributed by atoms with E-state index in [-0.39, 0.29) is 16.4 Å². The lowest BCUT2D eigenvalue weighted by molar-refractivity contribution is -0.384. The van der Waals surface area contributed by atoms with Gasteiger partial charge in [-0.05, 0) is 30.3 Å². The predicted octanol–water partition coefficient (Wildman–Crippen LogP) is 4.67. The number of benzene rings is 2. The summed E-state index contributed by atoms with van der Waals surface area (Å²) in [5.41, 5.74) is 0.863. The fourth-order valence-electron chi connectivity index (χ4n) is 1.89. The third kappa shape index (κ3) is 4.56. The van der Waals surface area contributed by atoms with Crippen molar-refractivity contribution < 1.29 is 14.5 Å². The van der Waals surface area contributed by atoms with Crippen molar-refractivity contribution in [1.29, 1.82) is 0 Å². The first-order valence-corrected chi connectivity index (χ1v) is 7.84. The van der Waals surface area contributed by atoms with Gasteiger partial charge in [-0.3, -0.25) is 14.9 Å². The third-order valence-electron chi connectivity index (χ3n) is 3.03. The largest absolute Gasteiger partial charge is 0.496 e. The first kappa shape index (κ1) is 18.0. The zero-order chi connectivity index (χ0) is 17.7. The summed E-state index contributed by atoms with van der Waals surface area (Å²) in [6.45, 7) is 0. The first-order chi connectivity index (χ1) is 11.4. The van der Waals surface area contributed by atoms with Gasteiger partial charge in [-0.2, -0.15) is 0 Å². The number of nitro groups is 1. The predicted molar refractivity (Wildman–Crippen MR) is 96.5 cm³/mol. The molecular formula is C16H12BrClN2O4. The minimum Gasteiger partial charge on any atom is -0.496 e. The number of nitrogens with one attached hydrogen (secondary N) is 1. The second-order valence-corrected chi connectivity index (χ2v) is 5.95. The molecule has 0 spiro atoms. The van der Waals surface area contributed by atoms with Crippen molar-refractivity contribution in [3.8, 4) is 5.75 Å². The Kier molecular flexibility index (Phi) is 5.94. The molecule has 0 aliphatic rings. The molecule has 0 heterocycles. The van der Waals surface area contributed by atoms with Gasteiger partial charge in [-0.15, -0.1) is 0 Å². The van der Waals surface area contributed by atoms with Crippen LogP contribution in [0.1, 0.15) is 5.56 Å². The van der Waals surface area contributed by atoms with Crippen LogP contribution in [0.4, 0.5) is 11.4 Å². The Morgan fingerprint density at radius 3 is 2.71 bits per heavy atom. The van der Waals surface area contributed by atoms with Crippen LogP contribution in [0.3, 0.4) is 0 Å². The van der Waals surface area contributed by atoms with Gasteiger partial charge in [0.15, 0.2) is 0 Å². The van der Waals surface area contributed by atoms with E-state index >= 15 is 0 Å². The zero-order valence-corrected chi connectivity index (χ0v) is 14.8. The highest BCUT2D eigenvalue weighted by Crippen LogP contribution is 2.27. The summed E-state index contributed by atoms with van der Waals surface area (Å²) in [5, 5.41) is 13.3. The smallest absolute Gasteiger partial charge is 0.271 e. The lowest BCUT2D eigenvalue weighted by Gasteiger charge is -2.06. The summed E-state index contributed by atoms with van der Waals surface area (Å²) >= 11 is 9.29. The normalized spacial score (nSPS) is 10.6. The maximum atomic E-state index is 12.0. The van der Waals surface area contributed by atoms with Crippen molar-refractivity contribution in [2.24, 2.45) is 0 Å². The highest BCUT2D eigenvalue weighted by molar-refractivity contribution is 9.10. The monoisotopic (exact) mass is 410 g/mol. The molecular weight excluding hydrogens is 400 g/mol. The number of halogens is 2. The Morgan fingerprint density at radius 1 is 1.33 bits per heavy atom. The number of nitrogens with zero attached hydrogens (tertiary/aromatic N) is 1. The van der Waals surface area contributed by atoms with Gasteiger partial charge < -0.3 is 10.1 Å². The summed E-state index contributed by atoms with van der Waals surface area (Å²) in [4.78, 5) is 22.1. The van der Waals surface area contributed by atoms with Crippen LogP contribution in [0, 0.1) is 10.1 Å². The summed E-state index contributed by atoms with van der Waals surface area (Å²) in [7, 11) is 1.54. The van der Waals surface area contributed by atoms with E-state index in [9.17, 15) is 14.9 Å². The van der Waals surface area contributed by atoms with Crippen LogP contribution in [0.25, 0.3) is 6.08 Å². The molecule has 0 aliphatic carbocycles. The van der Waals surface area contributed by atoms with Gasteiger partial charge in [-0.1, -0.05) is 27.5 Å². The molecule has 0 atom stereocenters. The number of anilines is 1. The fourth-order valence-corrected chi connectivity index (χ4v) is 2.50. The van der Waals surface area contributed by atoms with Crippen LogP contribution in [0.2, 0.25) is 5.02 Å². The molecule has 2 rings (SSSR count). The number of rotatable bonds is 5. The standard InChI is InChI=1S/C16H12BrClN2O4/c1-24-15-6-3-11(17)8-10(15)2-7-16(21)19-14-5-4-12(20(22)23)9-13(14)18/h2-9H,1H3,(H,19,21)/b7-2+. The van der Waals surface area contributed by atoms with E-state index in [0.29, 0.717) is 5.75 Å². The van der Waals surface area contributed by atoms with Gasteiger partial charge >= 0.3 is 0 Å². The maximum Gasteiger partial charge on any atom is 0.271 e. The van der Waals surface area contributed by atoms with Crippen molar-refractivity contribution in [3.63, 3.8) is 0 Å².